The molecular formula is C21H21NO3. The van der Waals surface area contributed by atoms with Gasteiger partial charge in [-0.05, 0) is 51.0 Å². The molecule has 2 aromatic carbocycles. The highest BCUT2D eigenvalue weighted by Gasteiger charge is 2.17. The van der Waals surface area contributed by atoms with Crippen LogP contribution < -0.4 is 4.74 Å². The van der Waals surface area contributed by atoms with Crippen LogP contribution in [-0.4, -0.2) is 11.0 Å². The molecule has 0 aliphatic carbocycles. The van der Waals surface area contributed by atoms with E-state index in [1.54, 1.807) is 0 Å². The minimum atomic E-state index is -0.342. The summed E-state index contributed by atoms with van der Waals surface area (Å²) < 4.78 is 11.3. The number of hydrogen-bond acceptors (Lipinski definition) is 4. The molecule has 4 nitrogen and oxygen atoms in total. The van der Waals surface area contributed by atoms with Crippen molar-refractivity contribution in [2.75, 3.05) is 0 Å². The van der Waals surface area contributed by atoms with Crippen molar-refractivity contribution >= 4 is 5.97 Å². The molecule has 0 aliphatic heterocycles. The van der Waals surface area contributed by atoms with Gasteiger partial charge in [-0.3, -0.25) is 4.79 Å². The summed E-state index contributed by atoms with van der Waals surface area (Å²) in [6.07, 6.45) is 0.0783. The first-order valence-electron chi connectivity index (χ1n) is 8.24. The van der Waals surface area contributed by atoms with Crippen LogP contribution in [0.25, 0.3) is 11.5 Å². The second kappa shape index (κ2) is 6.93. The van der Waals surface area contributed by atoms with E-state index in [0.717, 1.165) is 22.3 Å². The van der Waals surface area contributed by atoms with Crippen LogP contribution in [0.3, 0.4) is 0 Å². The number of esters is 1. The third-order valence-electron chi connectivity index (χ3n) is 4.05. The first-order valence-corrected chi connectivity index (χ1v) is 8.24. The quantitative estimate of drug-likeness (QED) is 0.511. The van der Waals surface area contributed by atoms with Crippen molar-refractivity contribution in [2.45, 2.75) is 34.1 Å². The number of carbonyl (C=O) groups is 1. The van der Waals surface area contributed by atoms with Crippen LogP contribution in [0.1, 0.15) is 28.1 Å². The van der Waals surface area contributed by atoms with Crippen LogP contribution in [0, 0.1) is 27.7 Å². The van der Waals surface area contributed by atoms with Crippen LogP contribution >= 0.6 is 0 Å². The Labute approximate surface area is 147 Å². The Morgan fingerprint density at radius 1 is 1.04 bits per heavy atom. The molecule has 3 rings (SSSR count). The van der Waals surface area contributed by atoms with Gasteiger partial charge in [-0.25, -0.2) is 4.98 Å². The zero-order valence-electron chi connectivity index (χ0n) is 14.9. The van der Waals surface area contributed by atoms with E-state index in [1.165, 1.54) is 0 Å². The fraction of sp³-hybridized carbons (Fsp3) is 0.238. The smallest absolute Gasteiger partial charge is 0.317 e. The Morgan fingerprint density at radius 3 is 2.32 bits per heavy atom. The van der Waals surface area contributed by atoms with Gasteiger partial charge in [-0.15, -0.1) is 0 Å². The number of carbonyl (C=O) groups excluding carboxylic acids is 1. The highest BCUT2D eigenvalue weighted by Crippen LogP contribution is 2.26. The van der Waals surface area contributed by atoms with Crippen LogP contribution in [0.5, 0.6) is 5.75 Å². The minimum Gasteiger partial charge on any atom is -0.441 e. The number of aryl methyl sites for hydroxylation is 4. The molecule has 0 amide bonds. The molecule has 0 radical (unpaired) electrons. The number of aromatic nitrogens is 1. The number of oxazole rings is 1. The van der Waals surface area contributed by atoms with Gasteiger partial charge < -0.3 is 9.15 Å². The summed E-state index contributed by atoms with van der Waals surface area (Å²) in [6.45, 7) is 7.72. The Morgan fingerprint density at radius 2 is 1.68 bits per heavy atom. The zero-order chi connectivity index (χ0) is 18.0. The Hall–Kier alpha value is -2.88. The van der Waals surface area contributed by atoms with Crippen molar-refractivity contribution in [2.24, 2.45) is 0 Å². The molecule has 0 saturated heterocycles. The van der Waals surface area contributed by atoms with Crippen molar-refractivity contribution in [1.29, 1.82) is 0 Å². The number of ether oxygens (including phenoxy) is 1. The molecular weight excluding hydrogens is 314 g/mol. The first-order chi connectivity index (χ1) is 11.9. The van der Waals surface area contributed by atoms with Gasteiger partial charge in [0.05, 0.1) is 12.1 Å². The molecule has 0 bridgehead atoms. The predicted molar refractivity (Wildman–Crippen MR) is 96.7 cm³/mol. The first kappa shape index (κ1) is 17.0. The molecule has 0 aliphatic rings. The van der Waals surface area contributed by atoms with Crippen molar-refractivity contribution in [3.8, 4) is 17.2 Å². The number of rotatable bonds is 4. The lowest BCUT2D eigenvalue weighted by atomic mass is 10.1. The maximum atomic E-state index is 12.4. The maximum absolute atomic E-state index is 12.4. The van der Waals surface area contributed by atoms with Crippen LogP contribution in [0.15, 0.2) is 46.9 Å². The molecule has 1 heterocycles. The molecule has 0 spiro atoms. The van der Waals surface area contributed by atoms with Crippen molar-refractivity contribution in [1.82, 2.24) is 4.98 Å². The Bertz CT molecular complexity index is 887. The zero-order valence-corrected chi connectivity index (χ0v) is 14.9. The predicted octanol–water partition coefficient (Wildman–Crippen LogP) is 4.72. The Kier molecular flexibility index (Phi) is 4.70. The summed E-state index contributed by atoms with van der Waals surface area (Å²) >= 11 is 0. The Balaban J connectivity index is 1.77. The second-order valence-corrected chi connectivity index (χ2v) is 6.27. The summed E-state index contributed by atoms with van der Waals surface area (Å²) in [7, 11) is 0. The van der Waals surface area contributed by atoms with Gasteiger partial charge in [-0.2, -0.15) is 0 Å². The molecule has 25 heavy (non-hydrogen) atoms. The average Bonchev–Trinajstić information content (AvgIpc) is 2.92. The molecule has 0 unspecified atom stereocenters. The van der Waals surface area contributed by atoms with E-state index in [9.17, 15) is 4.79 Å². The molecule has 0 saturated carbocycles. The SMILES string of the molecule is Cc1cc(C)c(OC(=O)Cc2nc(-c3ccccc3)oc2C)c(C)c1. The summed E-state index contributed by atoms with van der Waals surface area (Å²) in [6, 6.07) is 13.6. The lowest BCUT2D eigenvalue weighted by Gasteiger charge is -2.11. The third kappa shape index (κ3) is 3.79. The van der Waals surface area contributed by atoms with Gasteiger partial charge in [0.15, 0.2) is 0 Å². The van der Waals surface area contributed by atoms with Gasteiger partial charge in [0, 0.05) is 5.56 Å². The van der Waals surface area contributed by atoms with Crippen molar-refractivity contribution < 1.29 is 13.9 Å². The van der Waals surface area contributed by atoms with E-state index in [4.69, 9.17) is 9.15 Å². The lowest BCUT2D eigenvalue weighted by molar-refractivity contribution is -0.133. The largest absolute Gasteiger partial charge is 0.441 e. The van der Waals surface area contributed by atoms with Gasteiger partial charge in [-0.1, -0.05) is 35.9 Å². The second-order valence-electron chi connectivity index (χ2n) is 6.27. The fourth-order valence-corrected chi connectivity index (χ4v) is 2.91. The maximum Gasteiger partial charge on any atom is 0.317 e. The molecule has 128 valence electrons. The van der Waals surface area contributed by atoms with Crippen LogP contribution in [-0.2, 0) is 11.2 Å². The summed E-state index contributed by atoms with van der Waals surface area (Å²) in [4.78, 5) is 16.8. The van der Waals surface area contributed by atoms with Crippen LogP contribution in [0.2, 0.25) is 0 Å². The normalized spacial score (nSPS) is 10.7. The summed E-state index contributed by atoms with van der Waals surface area (Å²) in [5, 5.41) is 0. The van der Waals surface area contributed by atoms with E-state index in [1.807, 2.05) is 70.2 Å². The van der Waals surface area contributed by atoms with E-state index in [2.05, 4.69) is 4.98 Å². The number of nitrogens with zero attached hydrogens (tertiary/aromatic N) is 1. The summed E-state index contributed by atoms with van der Waals surface area (Å²) in [5.41, 5.74) is 4.54. The van der Waals surface area contributed by atoms with E-state index < -0.39 is 0 Å². The molecule has 0 N–H and O–H groups in total. The van der Waals surface area contributed by atoms with Gasteiger partial charge in [0.1, 0.15) is 11.5 Å². The monoisotopic (exact) mass is 335 g/mol. The molecule has 3 aromatic rings. The molecule has 0 atom stereocenters. The third-order valence-corrected chi connectivity index (χ3v) is 4.05. The topological polar surface area (TPSA) is 52.3 Å². The van der Waals surface area contributed by atoms with Crippen molar-refractivity contribution in [3.63, 3.8) is 0 Å². The number of benzene rings is 2. The summed E-state index contributed by atoms with van der Waals surface area (Å²) in [5.74, 6) is 1.43. The van der Waals surface area contributed by atoms with E-state index in [-0.39, 0.29) is 12.4 Å². The highest BCUT2D eigenvalue weighted by molar-refractivity contribution is 5.76. The van der Waals surface area contributed by atoms with Crippen LogP contribution in [0.4, 0.5) is 0 Å². The van der Waals surface area contributed by atoms with Crippen molar-refractivity contribution in [3.05, 3.63) is 70.6 Å². The van der Waals surface area contributed by atoms with Gasteiger partial charge in [0.25, 0.3) is 0 Å². The highest BCUT2D eigenvalue weighted by atomic mass is 16.5. The van der Waals surface area contributed by atoms with E-state index in [0.29, 0.717) is 23.1 Å². The van der Waals surface area contributed by atoms with Gasteiger partial charge >= 0.3 is 5.97 Å². The molecule has 4 heteroatoms. The minimum absolute atomic E-state index is 0.0783. The fourth-order valence-electron chi connectivity index (χ4n) is 2.91. The average molecular weight is 335 g/mol. The lowest BCUT2D eigenvalue weighted by Crippen LogP contribution is -2.13. The van der Waals surface area contributed by atoms with E-state index >= 15 is 0 Å². The molecule has 0 fully saturated rings. The molecule has 1 aromatic heterocycles. The number of hydrogen-bond donors (Lipinski definition) is 0. The van der Waals surface area contributed by atoms with Gasteiger partial charge in [0.2, 0.25) is 5.89 Å². The standard InChI is InChI=1S/C21H21NO3/c1-13-10-14(2)20(15(3)11-13)25-19(23)12-18-16(4)24-21(22-18)17-8-6-5-7-9-17/h5-11H,12H2,1-4H3.